The van der Waals surface area contributed by atoms with Gasteiger partial charge in [-0.2, -0.15) is 4.39 Å². The van der Waals surface area contributed by atoms with Gasteiger partial charge in [-0.25, -0.2) is 9.97 Å². The van der Waals surface area contributed by atoms with Gasteiger partial charge in [0, 0.05) is 6.07 Å². The summed E-state index contributed by atoms with van der Waals surface area (Å²) in [4.78, 5) is 31.6. The summed E-state index contributed by atoms with van der Waals surface area (Å²) in [7, 11) is 0. The lowest BCUT2D eigenvalue weighted by Gasteiger charge is -2.40. The number of hydrogen-bond donors (Lipinski definition) is 1. The lowest BCUT2D eigenvalue weighted by molar-refractivity contribution is -0.135. The topological polar surface area (TPSA) is 75.2 Å². The number of imide groups is 1. The quantitative estimate of drug-likeness (QED) is 0.544. The van der Waals surface area contributed by atoms with Crippen LogP contribution >= 0.6 is 0 Å². The number of halogens is 1. The van der Waals surface area contributed by atoms with Crippen LogP contribution in [0.2, 0.25) is 0 Å². The van der Waals surface area contributed by atoms with E-state index in [1.807, 2.05) is 0 Å². The Morgan fingerprint density at radius 3 is 2.76 bits per heavy atom. The molecule has 7 heteroatoms. The molecule has 0 radical (unpaired) electrons. The predicted molar refractivity (Wildman–Crippen MR) is 56.6 cm³/mol. The lowest BCUT2D eigenvalue weighted by Crippen LogP contribution is -2.64. The largest absolute Gasteiger partial charge is 0.333 e. The van der Waals surface area contributed by atoms with Gasteiger partial charge < -0.3 is 4.90 Å². The number of aromatic nitrogens is 2. The Bertz CT molecular complexity index is 489. The van der Waals surface area contributed by atoms with Crippen molar-refractivity contribution in [2.24, 2.45) is 0 Å². The van der Waals surface area contributed by atoms with Crippen LogP contribution in [0.15, 0.2) is 12.4 Å². The molecule has 2 rings (SSSR count). The van der Waals surface area contributed by atoms with Crippen LogP contribution in [0.5, 0.6) is 0 Å². The minimum Gasteiger partial charge on any atom is -0.333 e. The van der Waals surface area contributed by atoms with E-state index in [9.17, 15) is 14.0 Å². The van der Waals surface area contributed by atoms with E-state index in [0.29, 0.717) is 0 Å². The number of anilines is 1. The Hall–Kier alpha value is -2.05. The summed E-state index contributed by atoms with van der Waals surface area (Å²) in [5.74, 6) is -1.36. The SMILES string of the molecule is CC1(C)C(=O)NC(=O)CN1c1cc(F)ncn1. The van der Waals surface area contributed by atoms with Crippen molar-refractivity contribution in [2.45, 2.75) is 19.4 Å². The third kappa shape index (κ3) is 1.95. The van der Waals surface area contributed by atoms with Gasteiger partial charge in [-0.15, -0.1) is 0 Å². The van der Waals surface area contributed by atoms with Crippen LogP contribution in [-0.4, -0.2) is 33.9 Å². The number of nitrogens with one attached hydrogen (secondary N) is 1. The number of amides is 2. The fourth-order valence-corrected chi connectivity index (χ4v) is 1.62. The first-order chi connectivity index (χ1) is 7.91. The van der Waals surface area contributed by atoms with Gasteiger partial charge >= 0.3 is 0 Å². The summed E-state index contributed by atoms with van der Waals surface area (Å²) >= 11 is 0. The van der Waals surface area contributed by atoms with Crippen molar-refractivity contribution in [1.82, 2.24) is 15.3 Å². The molecular weight excluding hydrogens is 227 g/mol. The third-order valence-corrected chi connectivity index (χ3v) is 2.68. The van der Waals surface area contributed by atoms with Gasteiger partial charge in [0.25, 0.3) is 5.91 Å². The second-order valence-corrected chi connectivity index (χ2v) is 4.22. The molecule has 1 N–H and O–H groups in total. The van der Waals surface area contributed by atoms with Crippen molar-refractivity contribution in [3.63, 3.8) is 0 Å². The lowest BCUT2D eigenvalue weighted by atomic mass is 9.99. The molecule has 1 aliphatic rings. The van der Waals surface area contributed by atoms with Gasteiger partial charge in [0.2, 0.25) is 11.9 Å². The van der Waals surface area contributed by atoms with E-state index >= 15 is 0 Å². The van der Waals surface area contributed by atoms with Crippen LogP contribution in [-0.2, 0) is 9.59 Å². The fourth-order valence-electron chi connectivity index (χ4n) is 1.62. The average Bonchev–Trinajstić information content (AvgIpc) is 2.24. The predicted octanol–water partition coefficient (Wildman–Crippen LogP) is -0.143. The van der Waals surface area contributed by atoms with E-state index in [-0.39, 0.29) is 12.4 Å². The number of carbonyl (C=O) groups is 2. The first-order valence-electron chi connectivity index (χ1n) is 5.01. The Kier molecular flexibility index (Phi) is 2.53. The molecule has 0 spiro atoms. The normalized spacial score (nSPS) is 19.1. The van der Waals surface area contributed by atoms with Crippen LogP contribution in [0, 0.1) is 5.95 Å². The highest BCUT2D eigenvalue weighted by Crippen LogP contribution is 2.24. The molecule has 2 amide bonds. The first-order valence-corrected chi connectivity index (χ1v) is 5.01. The highest BCUT2D eigenvalue weighted by molar-refractivity contribution is 6.06. The molecule has 1 aliphatic heterocycles. The van der Waals surface area contributed by atoms with E-state index in [4.69, 9.17) is 0 Å². The molecule has 1 saturated heterocycles. The molecule has 0 aromatic carbocycles. The Balaban J connectivity index is 2.42. The summed E-state index contributed by atoms with van der Waals surface area (Å²) in [6.07, 6.45) is 1.05. The fraction of sp³-hybridized carbons (Fsp3) is 0.400. The van der Waals surface area contributed by atoms with Crippen molar-refractivity contribution in [3.8, 4) is 0 Å². The number of piperazine rings is 1. The molecule has 17 heavy (non-hydrogen) atoms. The standard InChI is InChI=1S/C10H11FN4O2/c1-10(2)9(17)14-8(16)4-15(10)7-3-6(11)12-5-13-7/h3,5H,4H2,1-2H3,(H,14,16,17). The zero-order chi connectivity index (χ0) is 12.6. The van der Waals surface area contributed by atoms with Crippen molar-refractivity contribution in [3.05, 3.63) is 18.3 Å². The number of rotatable bonds is 1. The van der Waals surface area contributed by atoms with Gasteiger partial charge in [0.15, 0.2) is 0 Å². The maximum atomic E-state index is 13.0. The Morgan fingerprint density at radius 2 is 2.12 bits per heavy atom. The van der Waals surface area contributed by atoms with Crippen LogP contribution < -0.4 is 10.2 Å². The molecule has 0 bridgehead atoms. The molecule has 6 nitrogen and oxygen atoms in total. The minimum atomic E-state index is -0.964. The van der Waals surface area contributed by atoms with Crippen LogP contribution in [0.3, 0.4) is 0 Å². The van der Waals surface area contributed by atoms with Crippen molar-refractivity contribution < 1.29 is 14.0 Å². The first kappa shape index (κ1) is 11.4. The molecule has 2 heterocycles. The van der Waals surface area contributed by atoms with E-state index < -0.39 is 23.3 Å². The summed E-state index contributed by atoms with van der Waals surface area (Å²) in [5, 5.41) is 2.23. The highest BCUT2D eigenvalue weighted by atomic mass is 19.1. The molecule has 1 aromatic heterocycles. The molecule has 0 saturated carbocycles. The Morgan fingerprint density at radius 1 is 1.41 bits per heavy atom. The minimum absolute atomic E-state index is 0.0464. The molecule has 0 atom stereocenters. The van der Waals surface area contributed by atoms with Crippen LogP contribution in [0.25, 0.3) is 0 Å². The van der Waals surface area contributed by atoms with Gasteiger partial charge in [-0.05, 0) is 13.8 Å². The number of hydrogen-bond acceptors (Lipinski definition) is 5. The Labute approximate surface area is 96.9 Å². The molecule has 1 aromatic rings. The monoisotopic (exact) mass is 238 g/mol. The maximum Gasteiger partial charge on any atom is 0.251 e. The van der Waals surface area contributed by atoms with E-state index in [1.165, 1.54) is 4.90 Å². The highest BCUT2D eigenvalue weighted by Gasteiger charge is 2.41. The summed E-state index contributed by atoms with van der Waals surface area (Å²) in [6.45, 7) is 3.22. The average molecular weight is 238 g/mol. The van der Waals surface area contributed by atoms with Gasteiger partial charge in [-0.1, -0.05) is 0 Å². The summed E-state index contributed by atoms with van der Waals surface area (Å²) in [5.41, 5.74) is -0.964. The molecule has 90 valence electrons. The van der Waals surface area contributed by atoms with Crippen molar-refractivity contribution >= 4 is 17.6 Å². The van der Waals surface area contributed by atoms with E-state index in [0.717, 1.165) is 12.4 Å². The van der Waals surface area contributed by atoms with Gasteiger partial charge in [0.1, 0.15) is 17.7 Å². The summed E-state index contributed by atoms with van der Waals surface area (Å²) in [6, 6.07) is 1.09. The molecule has 1 fully saturated rings. The second-order valence-electron chi connectivity index (χ2n) is 4.22. The van der Waals surface area contributed by atoms with Crippen LogP contribution in [0.1, 0.15) is 13.8 Å². The molecule has 0 aliphatic carbocycles. The van der Waals surface area contributed by atoms with E-state index in [2.05, 4.69) is 15.3 Å². The smallest absolute Gasteiger partial charge is 0.251 e. The van der Waals surface area contributed by atoms with Crippen molar-refractivity contribution in [1.29, 1.82) is 0 Å². The van der Waals surface area contributed by atoms with Gasteiger partial charge in [0.05, 0.1) is 6.54 Å². The number of nitrogens with zero attached hydrogens (tertiary/aromatic N) is 3. The summed E-state index contributed by atoms with van der Waals surface area (Å²) < 4.78 is 13.0. The second kappa shape index (κ2) is 3.76. The van der Waals surface area contributed by atoms with Crippen LogP contribution in [0.4, 0.5) is 10.2 Å². The molecular formula is C10H11FN4O2. The zero-order valence-corrected chi connectivity index (χ0v) is 9.40. The van der Waals surface area contributed by atoms with E-state index in [1.54, 1.807) is 13.8 Å². The van der Waals surface area contributed by atoms with Gasteiger partial charge in [-0.3, -0.25) is 14.9 Å². The van der Waals surface area contributed by atoms with Crippen molar-refractivity contribution in [2.75, 3.05) is 11.4 Å². The zero-order valence-electron chi connectivity index (χ0n) is 9.40. The molecule has 0 unspecified atom stereocenters. The third-order valence-electron chi connectivity index (χ3n) is 2.68. The maximum absolute atomic E-state index is 13.0. The number of carbonyl (C=O) groups excluding carboxylic acids is 2.